The molecule has 1 aliphatic rings. The van der Waals surface area contributed by atoms with Crippen molar-refractivity contribution in [3.8, 4) is 0 Å². The molecule has 16 heavy (non-hydrogen) atoms. The second-order valence-corrected chi connectivity index (χ2v) is 4.32. The Morgan fingerprint density at radius 2 is 2.00 bits per heavy atom. The van der Waals surface area contributed by atoms with E-state index in [0.717, 1.165) is 31.7 Å². The third-order valence-electron chi connectivity index (χ3n) is 3.17. The van der Waals surface area contributed by atoms with Gasteiger partial charge in [0.2, 0.25) is 0 Å². The molecule has 1 aromatic rings. The van der Waals surface area contributed by atoms with Gasteiger partial charge in [0, 0.05) is 18.2 Å². The molecule has 0 aromatic carbocycles. The van der Waals surface area contributed by atoms with Gasteiger partial charge in [-0.1, -0.05) is 19.3 Å². The molecule has 1 aliphatic carbocycles. The Labute approximate surface area is 93.9 Å². The van der Waals surface area contributed by atoms with Crippen LogP contribution in [-0.4, -0.2) is 10.4 Å². The monoisotopic (exact) mass is 221 g/mol. The molecule has 1 saturated carbocycles. The Morgan fingerprint density at radius 1 is 1.31 bits per heavy atom. The summed E-state index contributed by atoms with van der Waals surface area (Å²) in [4.78, 5) is 0. The summed E-state index contributed by atoms with van der Waals surface area (Å²) in [6.07, 6.45) is 7.07. The maximum atomic E-state index is 12.8. The van der Waals surface area contributed by atoms with Crippen molar-refractivity contribution >= 4 is 5.84 Å². The number of pyridine rings is 1. The minimum atomic E-state index is -0.419. The van der Waals surface area contributed by atoms with E-state index in [1.165, 1.54) is 23.3 Å². The number of hydrogen-bond acceptors (Lipinski definition) is 2. The van der Waals surface area contributed by atoms with Crippen molar-refractivity contribution in [2.24, 2.45) is 5.92 Å². The van der Waals surface area contributed by atoms with Crippen LogP contribution < -0.4 is 5.49 Å². The molecule has 2 rings (SSSR count). The van der Waals surface area contributed by atoms with Crippen LogP contribution in [0, 0.1) is 22.6 Å². The molecular formula is C12H16FN3. The highest BCUT2D eigenvalue weighted by atomic mass is 19.1. The van der Waals surface area contributed by atoms with Crippen LogP contribution in [0.3, 0.4) is 0 Å². The first-order chi connectivity index (χ1) is 7.68. The van der Waals surface area contributed by atoms with Crippen molar-refractivity contribution in [2.75, 3.05) is 0 Å². The van der Waals surface area contributed by atoms with Crippen LogP contribution in [0.25, 0.3) is 0 Å². The van der Waals surface area contributed by atoms with Crippen molar-refractivity contribution in [3.63, 3.8) is 0 Å². The van der Waals surface area contributed by atoms with Gasteiger partial charge < -0.3 is 0 Å². The number of nitrogens with one attached hydrogen (secondary N) is 2. The molecule has 4 heteroatoms. The Balaban J connectivity index is 2.23. The molecular weight excluding hydrogens is 205 g/mol. The van der Waals surface area contributed by atoms with E-state index >= 15 is 0 Å². The fraction of sp³-hybridized carbons (Fsp3) is 0.500. The van der Waals surface area contributed by atoms with Gasteiger partial charge in [-0.3, -0.25) is 15.4 Å². The summed E-state index contributed by atoms with van der Waals surface area (Å²) in [7, 11) is 0. The topological polar surface area (TPSA) is 52.6 Å². The maximum Gasteiger partial charge on any atom is 0.133 e. The summed E-state index contributed by atoms with van der Waals surface area (Å²) in [6.45, 7) is 0. The van der Waals surface area contributed by atoms with E-state index in [4.69, 9.17) is 10.8 Å². The van der Waals surface area contributed by atoms with Crippen molar-refractivity contribution in [1.82, 2.24) is 4.57 Å². The zero-order chi connectivity index (χ0) is 11.5. The lowest BCUT2D eigenvalue weighted by atomic mass is 9.88. The zero-order valence-electron chi connectivity index (χ0n) is 9.17. The Kier molecular flexibility index (Phi) is 3.17. The number of nitrogens with zero attached hydrogens (tertiary/aromatic N) is 1. The van der Waals surface area contributed by atoms with E-state index < -0.39 is 5.82 Å². The van der Waals surface area contributed by atoms with Gasteiger partial charge in [0.05, 0.1) is 0 Å². The van der Waals surface area contributed by atoms with Crippen LogP contribution in [0.5, 0.6) is 0 Å². The molecule has 0 saturated heterocycles. The van der Waals surface area contributed by atoms with Crippen molar-refractivity contribution in [3.05, 3.63) is 29.6 Å². The Bertz CT molecular complexity index is 444. The highest BCUT2D eigenvalue weighted by Gasteiger charge is 2.19. The lowest BCUT2D eigenvalue weighted by molar-refractivity contribution is 0.430. The zero-order valence-corrected chi connectivity index (χ0v) is 9.17. The summed E-state index contributed by atoms with van der Waals surface area (Å²) in [5, 5.41) is 15.7. The van der Waals surface area contributed by atoms with Crippen LogP contribution in [0.15, 0.2) is 18.3 Å². The first-order valence-corrected chi connectivity index (χ1v) is 5.70. The molecule has 0 radical (unpaired) electrons. The molecule has 0 unspecified atom stereocenters. The van der Waals surface area contributed by atoms with Crippen LogP contribution in [0.4, 0.5) is 4.39 Å². The van der Waals surface area contributed by atoms with Gasteiger partial charge in [0.1, 0.15) is 17.1 Å². The maximum absolute atomic E-state index is 12.8. The van der Waals surface area contributed by atoms with Crippen molar-refractivity contribution in [2.45, 2.75) is 32.1 Å². The van der Waals surface area contributed by atoms with Gasteiger partial charge in [-0.05, 0) is 18.9 Å². The number of aromatic nitrogens is 1. The van der Waals surface area contributed by atoms with Crippen molar-refractivity contribution in [1.29, 1.82) is 10.8 Å². The van der Waals surface area contributed by atoms with E-state index in [1.54, 1.807) is 0 Å². The summed E-state index contributed by atoms with van der Waals surface area (Å²) >= 11 is 0. The van der Waals surface area contributed by atoms with Crippen LogP contribution in [-0.2, 0) is 0 Å². The van der Waals surface area contributed by atoms with Gasteiger partial charge in [-0.25, -0.2) is 4.39 Å². The second kappa shape index (κ2) is 4.60. The highest BCUT2D eigenvalue weighted by Crippen LogP contribution is 2.24. The van der Waals surface area contributed by atoms with E-state index in [-0.39, 0.29) is 11.4 Å². The average molecular weight is 221 g/mol. The van der Waals surface area contributed by atoms with E-state index in [1.807, 2.05) is 0 Å². The largest absolute Gasteiger partial charge is 0.290 e. The molecule has 86 valence electrons. The van der Waals surface area contributed by atoms with Gasteiger partial charge in [0.25, 0.3) is 0 Å². The fourth-order valence-corrected chi connectivity index (χ4v) is 2.26. The number of halogens is 1. The van der Waals surface area contributed by atoms with E-state index in [9.17, 15) is 4.39 Å². The van der Waals surface area contributed by atoms with Gasteiger partial charge >= 0.3 is 0 Å². The average Bonchev–Trinajstić information content (AvgIpc) is 2.29. The molecule has 0 aliphatic heterocycles. The molecule has 1 heterocycles. The van der Waals surface area contributed by atoms with E-state index in [0.29, 0.717) is 5.84 Å². The summed E-state index contributed by atoms with van der Waals surface area (Å²) in [5.41, 5.74) is 0.0515. The summed E-state index contributed by atoms with van der Waals surface area (Å²) < 4.78 is 14.3. The lowest BCUT2D eigenvalue weighted by Crippen LogP contribution is -2.32. The normalized spacial score (nSPS) is 17.3. The molecule has 0 amide bonds. The molecule has 1 fully saturated rings. The van der Waals surface area contributed by atoms with Crippen LogP contribution >= 0.6 is 0 Å². The van der Waals surface area contributed by atoms with Crippen LogP contribution in [0.2, 0.25) is 0 Å². The minimum absolute atomic E-state index is 0.0515. The minimum Gasteiger partial charge on any atom is -0.290 e. The first kappa shape index (κ1) is 11.0. The van der Waals surface area contributed by atoms with Crippen LogP contribution in [0.1, 0.15) is 32.1 Å². The summed E-state index contributed by atoms with van der Waals surface area (Å²) in [5.74, 6) is 0.246. The van der Waals surface area contributed by atoms with Gasteiger partial charge in [-0.2, -0.15) is 0 Å². The predicted octanol–water partition coefficient (Wildman–Crippen LogP) is 2.51. The third kappa shape index (κ3) is 2.21. The summed E-state index contributed by atoms with van der Waals surface area (Å²) in [6, 6.07) is 2.45. The molecule has 0 bridgehead atoms. The van der Waals surface area contributed by atoms with Gasteiger partial charge in [-0.15, -0.1) is 0 Å². The first-order valence-electron chi connectivity index (χ1n) is 5.70. The molecule has 3 nitrogen and oxygen atoms in total. The Morgan fingerprint density at radius 3 is 2.62 bits per heavy atom. The predicted molar refractivity (Wildman–Crippen MR) is 59.9 cm³/mol. The molecule has 0 atom stereocenters. The smallest absolute Gasteiger partial charge is 0.133 e. The van der Waals surface area contributed by atoms with E-state index in [2.05, 4.69) is 0 Å². The number of rotatable bonds is 1. The second-order valence-electron chi connectivity index (χ2n) is 4.32. The SMILES string of the molecule is N=C(C1CCCCC1)n1ccc(F)cc1=N. The lowest BCUT2D eigenvalue weighted by Gasteiger charge is -2.23. The highest BCUT2D eigenvalue weighted by molar-refractivity contribution is 5.83. The quantitative estimate of drug-likeness (QED) is 0.541. The fourth-order valence-electron chi connectivity index (χ4n) is 2.26. The molecule has 1 aromatic heterocycles. The standard InChI is InChI=1S/C12H16FN3/c13-10-6-7-16(11(14)8-10)12(15)9-4-2-1-3-5-9/h6-9,14-15H,1-5H2. The Hall–Kier alpha value is -1.45. The van der Waals surface area contributed by atoms with Gasteiger partial charge in [0.15, 0.2) is 0 Å². The molecule has 0 spiro atoms. The third-order valence-corrected chi connectivity index (χ3v) is 3.17. The molecule has 2 N–H and O–H groups in total. The number of hydrogen-bond donors (Lipinski definition) is 2. The van der Waals surface area contributed by atoms with Crippen molar-refractivity contribution < 1.29 is 4.39 Å².